The summed E-state index contributed by atoms with van der Waals surface area (Å²) in [6.07, 6.45) is 3.69. The number of benzene rings is 1. The van der Waals surface area contributed by atoms with E-state index in [1.165, 1.54) is 0 Å². The molecule has 0 aliphatic carbocycles. The van der Waals surface area contributed by atoms with Crippen molar-refractivity contribution < 1.29 is 4.52 Å². The third kappa shape index (κ3) is 4.47. The van der Waals surface area contributed by atoms with Gasteiger partial charge < -0.3 is 15.2 Å². The van der Waals surface area contributed by atoms with E-state index in [-0.39, 0.29) is 6.04 Å². The molecule has 136 valence electrons. The van der Waals surface area contributed by atoms with Crippen LogP contribution in [-0.2, 0) is 6.54 Å². The van der Waals surface area contributed by atoms with Gasteiger partial charge in [0.2, 0.25) is 5.89 Å². The summed E-state index contributed by atoms with van der Waals surface area (Å²) in [6.45, 7) is 6.99. The number of aliphatic imine (C=N–C) groups is 1. The molecule has 2 heterocycles. The van der Waals surface area contributed by atoms with E-state index in [0.717, 1.165) is 17.8 Å². The van der Waals surface area contributed by atoms with Crippen molar-refractivity contribution in [3.05, 3.63) is 60.0 Å². The molecule has 0 saturated heterocycles. The first kappa shape index (κ1) is 17.7. The molecule has 3 rings (SSSR count). The summed E-state index contributed by atoms with van der Waals surface area (Å²) in [4.78, 5) is 8.70. The number of nitrogens with zero attached hydrogens (tertiary/aromatic N) is 5. The van der Waals surface area contributed by atoms with E-state index in [1.54, 1.807) is 13.1 Å². The van der Waals surface area contributed by atoms with E-state index in [4.69, 9.17) is 4.52 Å². The molecule has 1 aromatic carbocycles. The average Bonchev–Trinajstić information content (AvgIpc) is 3.32. The van der Waals surface area contributed by atoms with Crippen molar-refractivity contribution in [1.29, 1.82) is 0 Å². The van der Waals surface area contributed by atoms with Crippen molar-refractivity contribution >= 4 is 5.96 Å². The molecule has 3 aromatic rings. The Hall–Kier alpha value is -3.16. The summed E-state index contributed by atoms with van der Waals surface area (Å²) in [7, 11) is 0. The van der Waals surface area contributed by atoms with Gasteiger partial charge in [0, 0.05) is 25.9 Å². The molecule has 0 bridgehead atoms. The fourth-order valence-corrected chi connectivity index (χ4v) is 2.52. The number of aromatic nitrogens is 4. The third-order valence-corrected chi connectivity index (χ3v) is 3.78. The first-order valence-electron chi connectivity index (χ1n) is 8.59. The van der Waals surface area contributed by atoms with Crippen LogP contribution in [0.2, 0.25) is 0 Å². The molecular weight excluding hydrogens is 330 g/mol. The first-order valence-corrected chi connectivity index (χ1v) is 8.59. The zero-order chi connectivity index (χ0) is 18.4. The van der Waals surface area contributed by atoms with Crippen molar-refractivity contribution in [2.45, 2.75) is 33.4 Å². The second-order valence-corrected chi connectivity index (χ2v) is 5.84. The Morgan fingerprint density at radius 3 is 2.92 bits per heavy atom. The molecular formula is C18H23N7O. The van der Waals surface area contributed by atoms with Gasteiger partial charge in [-0.1, -0.05) is 17.3 Å². The van der Waals surface area contributed by atoms with Gasteiger partial charge in [0.1, 0.15) is 6.54 Å². The molecule has 26 heavy (non-hydrogen) atoms. The molecule has 1 atom stereocenters. The van der Waals surface area contributed by atoms with Crippen molar-refractivity contribution in [2.24, 2.45) is 4.99 Å². The highest BCUT2D eigenvalue weighted by molar-refractivity contribution is 5.80. The predicted octanol–water partition coefficient (Wildman–Crippen LogP) is 2.38. The fourth-order valence-electron chi connectivity index (χ4n) is 2.52. The van der Waals surface area contributed by atoms with E-state index in [2.05, 4.69) is 49.9 Å². The van der Waals surface area contributed by atoms with Gasteiger partial charge in [-0.15, -0.1) is 0 Å². The van der Waals surface area contributed by atoms with Gasteiger partial charge >= 0.3 is 0 Å². The lowest BCUT2D eigenvalue weighted by Gasteiger charge is -2.18. The van der Waals surface area contributed by atoms with Crippen LogP contribution in [0.4, 0.5) is 0 Å². The standard InChI is InChI=1S/C18H23N7O/c1-4-19-18(20-12-17-23-14(3)26-24-17)22-13(2)15-7-5-8-16(11-15)25-10-6-9-21-25/h5-11,13H,4,12H2,1-3H3,(H2,19,20,22). The number of nitrogens with one attached hydrogen (secondary N) is 2. The minimum absolute atomic E-state index is 0.0651. The quantitative estimate of drug-likeness (QED) is 0.522. The average molecular weight is 353 g/mol. The van der Waals surface area contributed by atoms with Gasteiger partial charge in [0.25, 0.3) is 0 Å². The highest BCUT2D eigenvalue weighted by atomic mass is 16.5. The van der Waals surface area contributed by atoms with Crippen molar-refractivity contribution in [1.82, 2.24) is 30.6 Å². The number of hydrogen-bond acceptors (Lipinski definition) is 5. The van der Waals surface area contributed by atoms with E-state index in [9.17, 15) is 0 Å². The Balaban J connectivity index is 1.71. The first-order chi connectivity index (χ1) is 12.7. The van der Waals surface area contributed by atoms with Gasteiger partial charge in [0.05, 0.1) is 11.7 Å². The number of aryl methyl sites for hydroxylation is 1. The molecule has 2 N–H and O–H groups in total. The zero-order valence-electron chi connectivity index (χ0n) is 15.2. The number of rotatable bonds is 6. The monoisotopic (exact) mass is 353 g/mol. The van der Waals surface area contributed by atoms with Gasteiger partial charge in [-0.05, 0) is 37.6 Å². The predicted molar refractivity (Wildman–Crippen MR) is 99.0 cm³/mol. The van der Waals surface area contributed by atoms with Crippen LogP contribution in [0.1, 0.15) is 37.2 Å². The Labute approximate surface area is 152 Å². The zero-order valence-corrected chi connectivity index (χ0v) is 15.2. The van der Waals surface area contributed by atoms with Crippen LogP contribution in [0.25, 0.3) is 5.69 Å². The molecule has 0 saturated carbocycles. The van der Waals surface area contributed by atoms with Crippen molar-refractivity contribution in [3.63, 3.8) is 0 Å². The summed E-state index contributed by atoms with van der Waals surface area (Å²) < 4.78 is 6.82. The van der Waals surface area contributed by atoms with Gasteiger partial charge in [-0.2, -0.15) is 10.1 Å². The van der Waals surface area contributed by atoms with Crippen LogP contribution in [0.3, 0.4) is 0 Å². The second-order valence-electron chi connectivity index (χ2n) is 5.84. The van der Waals surface area contributed by atoms with Crippen LogP contribution >= 0.6 is 0 Å². The molecule has 0 amide bonds. The molecule has 8 heteroatoms. The number of hydrogen-bond donors (Lipinski definition) is 2. The number of guanidine groups is 1. The highest BCUT2D eigenvalue weighted by Gasteiger charge is 2.10. The fraction of sp³-hybridized carbons (Fsp3) is 0.333. The van der Waals surface area contributed by atoms with Crippen LogP contribution in [0.5, 0.6) is 0 Å². The van der Waals surface area contributed by atoms with Gasteiger partial charge in [-0.25, -0.2) is 9.67 Å². The van der Waals surface area contributed by atoms with Crippen molar-refractivity contribution in [3.8, 4) is 5.69 Å². The van der Waals surface area contributed by atoms with Gasteiger partial charge in [0.15, 0.2) is 11.8 Å². The summed E-state index contributed by atoms with van der Waals surface area (Å²) in [6, 6.07) is 10.2. The molecule has 8 nitrogen and oxygen atoms in total. The smallest absolute Gasteiger partial charge is 0.223 e. The Bertz CT molecular complexity index is 854. The molecule has 0 aliphatic heterocycles. The Kier molecular flexibility index (Phi) is 5.62. The summed E-state index contributed by atoms with van der Waals surface area (Å²) >= 11 is 0. The lowest BCUT2D eigenvalue weighted by molar-refractivity contribution is 0.387. The highest BCUT2D eigenvalue weighted by Crippen LogP contribution is 2.16. The molecule has 0 fully saturated rings. The third-order valence-electron chi connectivity index (χ3n) is 3.78. The van der Waals surface area contributed by atoms with E-state index in [0.29, 0.717) is 24.2 Å². The van der Waals surface area contributed by atoms with E-state index in [1.807, 2.05) is 36.0 Å². The maximum atomic E-state index is 4.98. The largest absolute Gasteiger partial charge is 0.357 e. The minimum atomic E-state index is 0.0651. The normalized spacial score (nSPS) is 12.8. The van der Waals surface area contributed by atoms with E-state index < -0.39 is 0 Å². The maximum absolute atomic E-state index is 4.98. The molecule has 1 unspecified atom stereocenters. The maximum Gasteiger partial charge on any atom is 0.223 e. The van der Waals surface area contributed by atoms with Crippen LogP contribution in [0, 0.1) is 6.92 Å². The Morgan fingerprint density at radius 1 is 1.35 bits per heavy atom. The molecule has 0 radical (unpaired) electrons. The lowest BCUT2D eigenvalue weighted by atomic mass is 10.1. The van der Waals surface area contributed by atoms with Crippen LogP contribution in [0.15, 0.2) is 52.2 Å². The topological polar surface area (TPSA) is 93.2 Å². The molecule has 0 aliphatic rings. The van der Waals surface area contributed by atoms with Gasteiger partial charge in [-0.3, -0.25) is 0 Å². The SMILES string of the molecule is CCNC(=NCc1noc(C)n1)NC(C)c1cccc(-n2cccn2)c1. The minimum Gasteiger partial charge on any atom is -0.357 e. The Morgan fingerprint density at radius 2 is 2.23 bits per heavy atom. The molecule has 0 spiro atoms. The van der Waals surface area contributed by atoms with E-state index >= 15 is 0 Å². The van der Waals surface area contributed by atoms with Crippen LogP contribution in [-0.4, -0.2) is 32.4 Å². The summed E-state index contributed by atoms with van der Waals surface area (Å²) in [5.41, 5.74) is 2.16. The lowest BCUT2D eigenvalue weighted by Crippen LogP contribution is -2.38. The van der Waals surface area contributed by atoms with Crippen LogP contribution < -0.4 is 10.6 Å². The summed E-state index contributed by atoms with van der Waals surface area (Å²) in [5.74, 6) is 1.80. The second kappa shape index (κ2) is 8.28. The summed E-state index contributed by atoms with van der Waals surface area (Å²) in [5, 5.41) is 14.8. The van der Waals surface area contributed by atoms with Crippen molar-refractivity contribution in [2.75, 3.05) is 6.54 Å². The molecule has 2 aromatic heterocycles.